The van der Waals surface area contributed by atoms with Crippen molar-refractivity contribution in [3.05, 3.63) is 167 Å². The molecule has 7 aromatic carbocycles. The zero-order chi connectivity index (χ0) is 29.9. The molecule has 2 aromatic heterocycles. The molecule has 9 aromatic rings. The van der Waals surface area contributed by atoms with E-state index in [1.807, 2.05) is 0 Å². The maximum atomic E-state index is 2.40. The molecule has 9 rings (SSSR count). The molecule has 2 heterocycles. The van der Waals surface area contributed by atoms with Crippen molar-refractivity contribution in [2.24, 2.45) is 0 Å². The Morgan fingerprint density at radius 1 is 0.311 bits per heavy atom. The minimum Gasteiger partial charge on any atom is -0.309 e. The van der Waals surface area contributed by atoms with E-state index in [4.69, 9.17) is 0 Å². The summed E-state index contributed by atoms with van der Waals surface area (Å²) >= 11 is 2.36. The highest BCUT2D eigenvalue weighted by Crippen LogP contribution is 2.36. The molecule has 0 atom stereocenters. The second-order valence-electron chi connectivity index (χ2n) is 11.6. The van der Waals surface area contributed by atoms with Crippen LogP contribution in [-0.2, 0) is 0 Å². The van der Waals surface area contributed by atoms with Crippen LogP contribution in [0.1, 0.15) is 0 Å². The first-order valence-corrected chi connectivity index (χ1v) is 16.3. The van der Waals surface area contributed by atoms with Crippen molar-refractivity contribution in [1.82, 2.24) is 9.13 Å². The minimum absolute atomic E-state index is 1.16. The van der Waals surface area contributed by atoms with Gasteiger partial charge in [0.2, 0.25) is 0 Å². The summed E-state index contributed by atoms with van der Waals surface area (Å²) in [5.74, 6) is 0. The highest BCUT2D eigenvalue weighted by molar-refractivity contribution is 14.1. The van der Waals surface area contributed by atoms with Crippen LogP contribution in [0.2, 0.25) is 0 Å². The van der Waals surface area contributed by atoms with E-state index in [1.54, 1.807) is 0 Å². The Bertz CT molecular complexity index is 2460. The second-order valence-corrected chi connectivity index (χ2v) is 12.8. The Morgan fingerprint density at radius 3 is 1.16 bits per heavy atom. The molecule has 0 aliphatic carbocycles. The number of aromatic nitrogens is 2. The smallest absolute Gasteiger partial charge is 0.0547 e. The van der Waals surface area contributed by atoms with Gasteiger partial charge in [0.05, 0.1) is 22.1 Å². The van der Waals surface area contributed by atoms with Gasteiger partial charge >= 0.3 is 0 Å². The molecule has 0 bridgehead atoms. The van der Waals surface area contributed by atoms with E-state index in [0.29, 0.717) is 0 Å². The van der Waals surface area contributed by atoms with Gasteiger partial charge in [-0.1, -0.05) is 103 Å². The highest BCUT2D eigenvalue weighted by Gasteiger charge is 2.14. The van der Waals surface area contributed by atoms with Gasteiger partial charge in [0.1, 0.15) is 0 Å². The third-order valence-electron chi connectivity index (χ3n) is 9.02. The Kier molecular flexibility index (Phi) is 6.13. The van der Waals surface area contributed by atoms with Crippen LogP contribution in [-0.4, -0.2) is 9.13 Å². The van der Waals surface area contributed by atoms with Crippen LogP contribution < -0.4 is 0 Å². The average molecular weight is 687 g/mol. The summed E-state index contributed by atoms with van der Waals surface area (Å²) in [4.78, 5) is 0. The van der Waals surface area contributed by atoms with E-state index >= 15 is 0 Å². The molecule has 45 heavy (non-hydrogen) atoms. The molecule has 0 saturated carbocycles. The molecule has 212 valence electrons. The maximum absolute atomic E-state index is 2.40. The van der Waals surface area contributed by atoms with Crippen molar-refractivity contribution in [2.45, 2.75) is 0 Å². The van der Waals surface area contributed by atoms with Crippen LogP contribution in [0, 0.1) is 3.57 Å². The van der Waals surface area contributed by atoms with Crippen LogP contribution in [0.3, 0.4) is 0 Å². The van der Waals surface area contributed by atoms with Gasteiger partial charge in [-0.05, 0) is 106 Å². The van der Waals surface area contributed by atoms with Crippen molar-refractivity contribution < 1.29 is 0 Å². The number of halogens is 1. The predicted molar refractivity (Wildman–Crippen MR) is 199 cm³/mol. The number of para-hydroxylation sites is 3. The van der Waals surface area contributed by atoms with Gasteiger partial charge in [-0.2, -0.15) is 0 Å². The third-order valence-corrected chi connectivity index (χ3v) is 9.73. The Balaban J connectivity index is 1.11. The van der Waals surface area contributed by atoms with Crippen LogP contribution in [0.5, 0.6) is 0 Å². The predicted octanol–water partition coefficient (Wildman–Crippen LogP) is 11.8. The summed E-state index contributed by atoms with van der Waals surface area (Å²) in [5, 5.41) is 5.10. The van der Waals surface area contributed by atoms with E-state index in [1.165, 1.54) is 75.1 Å². The van der Waals surface area contributed by atoms with Crippen molar-refractivity contribution in [3.8, 4) is 33.6 Å². The van der Waals surface area contributed by atoms with Crippen LogP contribution >= 0.6 is 22.6 Å². The van der Waals surface area contributed by atoms with Gasteiger partial charge in [0.15, 0.2) is 0 Å². The quantitative estimate of drug-likeness (QED) is 0.163. The van der Waals surface area contributed by atoms with Gasteiger partial charge in [-0.3, -0.25) is 0 Å². The summed E-state index contributed by atoms with van der Waals surface area (Å²) in [6.07, 6.45) is 0. The monoisotopic (exact) mass is 686 g/mol. The molecular weight excluding hydrogens is 659 g/mol. The number of hydrogen-bond donors (Lipinski definition) is 0. The van der Waals surface area contributed by atoms with Gasteiger partial charge in [0.25, 0.3) is 0 Å². The number of hydrogen-bond acceptors (Lipinski definition) is 0. The number of fused-ring (bicyclic) bond motifs is 6. The normalized spacial score (nSPS) is 11.7. The lowest BCUT2D eigenvalue weighted by molar-refractivity contribution is 1.18. The molecule has 0 N–H and O–H groups in total. The van der Waals surface area contributed by atoms with E-state index in [0.717, 1.165) is 5.69 Å². The van der Waals surface area contributed by atoms with E-state index < -0.39 is 0 Å². The summed E-state index contributed by atoms with van der Waals surface area (Å²) in [5.41, 5.74) is 12.1. The largest absolute Gasteiger partial charge is 0.309 e. The van der Waals surface area contributed by atoms with Crippen molar-refractivity contribution >= 4 is 66.2 Å². The molecule has 2 nitrogen and oxygen atoms in total. The van der Waals surface area contributed by atoms with Crippen molar-refractivity contribution in [2.75, 3.05) is 0 Å². The molecule has 0 unspecified atom stereocenters. The number of rotatable bonds is 4. The lowest BCUT2D eigenvalue weighted by Gasteiger charge is -2.11. The molecule has 0 aliphatic rings. The second kappa shape index (κ2) is 10.5. The summed E-state index contributed by atoms with van der Waals surface area (Å²) in [6, 6.07) is 59.6. The van der Waals surface area contributed by atoms with E-state index in [2.05, 4.69) is 196 Å². The first-order chi connectivity index (χ1) is 22.2. The van der Waals surface area contributed by atoms with Crippen LogP contribution in [0.4, 0.5) is 0 Å². The molecule has 0 spiro atoms. The van der Waals surface area contributed by atoms with E-state index in [-0.39, 0.29) is 0 Å². The maximum Gasteiger partial charge on any atom is 0.0547 e. The Labute approximate surface area is 274 Å². The molecule has 0 aliphatic heterocycles. The number of nitrogens with zero attached hydrogens (tertiary/aromatic N) is 2. The van der Waals surface area contributed by atoms with Gasteiger partial charge in [0, 0.05) is 36.5 Å². The topological polar surface area (TPSA) is 9.86 Å². The fraction of sp³-hybridized carbons (Fsp3) is 0. The number of benzene rings is 7. The molecule has 0 saturated heterocycles. The zero-order valence-corrected chi connectivity index (χ0v) is 26.5. The summed E-state index contributed by atoms with van der Waals surface area (Å²) < 4.78 is 6.01. The fourth-order valence-electron chi connectivity index (χ4n) is 6.88. The van der Waals surface area contributed by atoms with Gasteiger partial charge in [-0.15, -0.1) is 0 Å². The summed E-state index contributed by atoms with van der Waals surface area (Å²) in [6.45, 7) is 0. The van der Waals surface area contributed by atoms with Crippen molar-refractivity contribution in [1.29, 1.82) is 0 Å². The lowest BCUT2D eigenvalue weighted by Crippen LogP contribution is -1.95. The molecule has 0 radical (unpaired) electrons. The van der Waals surface area contributed by atoms with Gasteiger partial charge < -0.3 is 9.13 Å². The van der Waals surface area contributed by atoms with Crippen LogP contribution in [0.15, 0.2) is 164 Å². The molecule has 0 amide bonds. The van der Waals surface area contributed by atoms with Crippen molar-refractivity contribution in [3.63, 3.8) is 0 Å². The van der Waals surface area contributed by atoms with E-state index in [9.17, 15) is 0 Å². The lowest BCUT2D eigenvalue weighted by atomic mass is 10.0. The standard InChI is InChI=1S/C42H27IN2/c43-32-20-13-30(14-21-32)31-19-26-38-37-9-3-6-12-41(37)45(42(38)27-31)34-24-17-29(18-25-34)28-15-22-33(23-16-28)44-39-10-4-1-7-35(39)36-8-2-5-11-40(36)44/h1-27H. The minimum atomic E-state index is 1.16. The molecule has 0 fully saturated rings. The highest BCUT2D eigenvalue weighted by atomic mass is 127. The third kappa shape index (κ3) is 4.30. The Hall–Kier alpha value is -5.13. The first kappa shape index (κ1) is 26.3. The first-order valence-electron chi connectivity index (χ1n) is 15.2. The van der Waals surface area contributed by atoms with Gasteiger partial charge in [-0.25, -0.2) is 0 Å². The zero-order valence-electron chi connectivity index (χ0n) is 24.4. The van der Waals surface area contributed by atoms with Crippen LogP contribution in [0.25, 0.3) is 77.2 Å². The SMILES string of the molecule is Ic1ccc(-c2ccc3c4ccccc4n(-c4ccc(-c5ccc(-n6c7ccccc7c7ccccc76)cc5)cc4)c3c2)cc1. The summed E-state index contributed by atoms with van der Waals surface area (Å²) in [7, 11) is 0. The Morgan fingerprint density at radius 2 is 0.667 bits per heavy atom. The molecular formula is C42H27IN2. The molecule has 3 heteroatoms. The average Bonchev–Trinajstić information content (AvgIpc) is 3.61. The fourth-order valence-corrected chi connectivity index (χ4v) is 7.24.